The molecule has 2 amide bonds. The number of hydrogen-bond acceptors (Lipinski definition) is 5. The second-order valence-electron chi connectivity index (χ2n) is 7.05. The van der Waals surface area contributed by atoms with Gasteiger partial charge in [-0.25, -0.2) is 13.1 Å². The van der Waals surface area contributed by atoms with Gasteiger partial charge in [0.25, 0.3) is 11.8 Å². The normalized spacial score (nSPS) is 10.9. The molecular weight excluding hydrogens is 416 g/mol. The Hall–Kier alpha value is -3.22. The summed E-state index contributed by atoms with van der Waals surface area (Å²) in [5.74, 6) is -0.315. The fourth-order valence-electron chi connectivity index (χ4n) is 2.84. The van der Waals surface area contributed by atoms with Gasteiger partial charge < -0.3 is 9.80 Å². The summed E-state index contributed by atoms with van der Waals surface area (Å²) >= 11 is 0. The first-order chi connectivity index (χ1) is 14.7. The summed E-state index contributed by atoms with van der Waals surface area (Å²) in [5, 5.41) is 8.53. The summed E-state index contributed by atoms with van der Waals surface area (Å²) in [7, 11) is -0.349. The second kappa shape index (κ2) is 10.7. The molecule has 2 rings (SSSR count). The fourth-order valence-corrected chi connectivity index (χ4v) is 3.87. The van der Waals surface area contributed by atoms with Gasteiger partial charge in [-0.15, -0.1) is 0 Å². The van der Waals surface area contributed by atoms with Crippen LogP contribution in [0.3, 0.4) is 0 Å². The number of nitrogens with one attached hydrogen (secondary N) is 1. The molecule has 0 fully saturated rings. The van der Waals surface area contributed by atoms with Crippen molar-refractivity contribution in [1.82, 2.24) is 14.5 Å². The number of rotatable bonds is 9. The Bertz CT molecular complexity index is 1060. The number of hydrogen-bond donors (Lipinski definition) is 1. The zero-order valence-corrected chi connectivity index (χ0v) is 18.6. The maximum atomic E-state index is 12.9. The van der Waals surface area contributed by atoms with Gasteiger partial charge in [0.2, 0.25) is 10.0 Å². The van der Waals surface area contributed by atoms with Gasteiger partial charge in [-0.1, -0.05) is 12.1 Å². The van der Waals surface area contributed by atoms with Gasteiger partial charge in [-0.3, -0.25) is 9.59 Å². The van der Waals surface area contributed by atoms with E-state index in [0.717, 1.165) is 5.56 Å². The van der Waals surface area contributed by atoms with Crippen molar-refractivity contribution < 1.29 is 18.0 Å². The molecule has 0 aliphatic heterocycles. The van der Waals surface area contributed by atoms with Crippen LogP contribution in [0.15, 0.2) is 53.4 Å². The quantitative estimate of drug-likeness (QED) is 0.599. The predicted octanol–water partition coefficient (Wildman–Crippen LogP) is 2.24. The van der Waals surface area contributed by atoms with E-state index in [1.807, 2.05) is 25.1 Å². The highest BCUT2D eigenvalue weighted by Crippen LogP contribution is 2.15. The van der Waals surface area contributed by atoms with E-state index in [9.17, 15) is 18.0 Å². The Morgan fingerprint density at radius 2 is 1.52 bits per heavy atom. The molecular formula is C22H26N4O4S. The van der Waals surface area contributed by atoms with E-state index in [1.54, 1.807) is 31.1 Å². The van der Waals surface area contributed by atoms with Crippen LogP contribution in [0.2, 0.25) is 0 Å². The Morgan fingerprint density at radius 3 is 2.03 bits per heavy atom. The summed E-state index contributed by atoms with van der Waals surface area (Å²) in [4.78, 5) is 28.0. The lowest BCUT2D eigenvalue weighted by atomic mass is 10.1. The SMILES string of the molecule is CCN(Cc1ccc(C(=O)N(C)C)cc1)C(=O)c1ccc(S(=O)(=O)NCCC#N)cc1. The predicted molar refractivity (Wildman–Crippen MR) is 117 cm³/mol. The van der Waals surface area contributed by atoms with Crippen molar-refractivity contribution >= 4 is 21.8 Å². The number of nitrogens with zero attached hydrogens (tertiary/aromatic N) is 3. The van der Waals surface area contributed by atoms with Crippen molar-refractivity contribution in [3.63, 3.8) is 0 Å². The van der Waals surface area contributed by atoms with Gasteiger partial charge in [0.15, 0.2) is 0 Å². The van der Waals surface area contributed by atoms with Crippen LogP contribution < -0.4 is 4.72 Å². The Kier molecular flexibility index (Phi) is 8.30. The van der Waals surface area contributed by atoms with Crippen molar-refractivity contribution in [1.29, 1.82) is 5.26 Å². The molecule has 0 atom stereocenters. The summed E-state index contributed by atoms with van der Waals surface area (Å²) < 4.78 is 26.7. The molecule has 0 aliphatic rings. The summed E-state index contributed by atoms with van der Waals surface area (Å²) in [5.41, 5.74) is 1.83. The number of nitriles is 1. The third-order valence-electron chi connectivity index (χ3n) is 4.59. The lowest BCUT2D eigenvalue weighted by Crippen LogP contribution is -2.30. The van der Waals surface area contributed by atoms with Crippen molar-refractivity contribution in [2.24, 2.45) is 0 Å². The fraction of sp³-hybridized carbons (Fsp3) is 0.318. The number of carbonyl (C=O) groups is 2. The van der Waals surface area contributed by atoms with Crippen LogP contribution in [-0.4, -0.2) is 57.2 Å². The maximum Gasteiger partial charge on any atom is 0.254 e. The average Bonchev–Trinajstić information content (AvgIpc) is 2.77. The number of sulfonamides is 1. The highest BCUT2D eigenvalue weighted by Gasteiger charge is 2.18. The molecule has 0 saturated carbocycles. The zero-order chi connectivity index (χ0) is 23.0. The monoisotopic (exact) mass is 442 g/mol. The average molecular weight is 443 g/mol. The largest absolute Gasteiger partial charge is 0.345 e. The number of carbonyl (C=O) groups excluding carboxylic acids is 2. The van der Waals surface area contributed by atoms with Crippen LogP contribution >= 0.6 is 0 Å². The van der Waals surface area contributed by atoms with Crippen LogP contribution in [0.25, 0.3) is 0 Å². The lowest BCUT2D eigenvalue weighted by Gasteiger charge is -2.21. The molecule has 31 heavy (non-hydrogen) atoms. The Labute approximate surface area is 183 Å². The van der Waals surface area contributed by atoms with Crippen molar-refractivity contribution in [3.8, 4) is 6.07 Å². The molecule has 1 N–H and O–H groups in total. The Morgan fingerprint density at radius 1 is 0.968 bits per heavy atom. The van der Waals surface area contributed by atoms with Crippen molar-refractivity contribution in [2.75, 3.05) is 27.2 Å². The lowest BCUT2D eigenvalue weighted by molar-refractivity contribution is 0.0751. The highest BCUT2D eigenvalue weighted by atomic mass is 32.2. The molecule has 0 saturated heterocycles. The molecule has 2 aromatic carbocycles. The van der Waals surface area contributed by atoms with Crippen LogP contribution in [-0.2, 0) is 16.6 Å². The van der Waals surface area contributed by atoms with Crippen LogP contribution in [0.4, 0.5) is 0 Å². The Balaban J connectivity index is 2.10. The topological polar surface area (TPSA) is 111 Å². The van der Waals surface area contributed by atoms with Crippen molar-refractivity contribution in [2.45, 2.75) is 24.8 Å². The molecule has 0 aromatic heterocycles. The minimum atomic E-state index is -3.72. The first-order valence-corrected chi connectivity index (χ1v) is 11.2. The number of amides is 2. The van der Waals surface area contributed by atoms with Gasteiger partial charge in [-0.05, 0) is 48.9 Å². The summed E-state index contributed by atoms with van der Waals surface area (Å²) in [6, 6.07) is 14.7. The highest BCUT2D eigenvalue weighted by molar-refractivity contribution is 7.89. The second-order valence-corrected chi connectivity index (χ2v) is 8.81. The molecule has 0 radical (unpaired) electrons. The van der Waals surface area contributed by atoms with E-state index in [4.69, 9.17) is 5.26 Å². The van der Waals surface area contributed by atoms with E-state index in [1.165, 1.54) is 29.2 Å². The molecule has 0 heterocycles. The van der Waals surface area contributed by atoms with Gasteiger partial charge in [0, 0.05) is 51.3 Å². The number of benzene rings is 2. The van der Waals surface area contributed by atoms with E-state index in [-0.39, 0.29) is 29.7 Å². The maximum absolute atomic E-state index is 12.9. The van der Waals surface area contributed by atoms with E-state index in [0.29, 0.717) is 24.2 Å². The van der Waals surface area contributed by atoms with Gasteiger partial charge in [-0.2, -0.15) is 5.26 Å². The van der Waals surface area contributed by atoms with E-state index < -0.39 is 10.0 Å². The zero-order valence-electron chi connectivity index (χ0n) is 17.8. The molecule has 0 bridgehead atoms. The van der Waals surface area contributed by atoms with E-state index >= 15 is 0 Å². The first-order valence-electron chi connectivity index (χ1n) is 9.76. The smallest absolute Gasteiger partial charge is 0.254 e. The third-order valence-corrected chi connectivity index (χ3v) is 6.07. The summed E-state index contributed by atoms with van der Waals surface area (Å²) in [6.07, 6.45) is 0.0749. The molecule has 8 nitrogen and oxygen atoms in total. The molecule has 0 spiro atoms. The summed E-state index contributed by atoms with van der Waals surface area (Å²) in [6.45, 7) is 2.72. The minimum absolute atomic E-state index is 0.0298. The first kappa shape index (κ1) is 24.1. The molecule has 9 heteroatoms. The standard InChI is InChI=1S/C22H26N4O4S/c1-4-26(16-17-6-8-18(9-7-17)21(27)25(2)3)22(28)19-10-12-20(13-11-19)31(29,30)24-15-5-14-23/h6-13,24H,4-5,15-16H2,1-3H3. The minimum Gasteiger partial charge on any atom is -0.345 e. The van der Waals surface area contributed by atoms with Crippen LogP contribution in [0.5, 0.6) is 0 Å². The van der Waals surface area contributed by atoms with E-state index in [2.05, 4.69) is 4.72 Å². The van der Waals surface area contributed by atoms with Gasteiger partial charge >= 0.3 is 0 Å². The molecule has 0 unspecified atom stereocenters. The molecule has 0 aliphatic carbocycles. The van der Waals surface area contributed by atoms with Crippen LogP contribution in [0, 0.1) is 11.3 Å². The van der Waals surface area contributed by atoms with Gasteiger partial charge in [0.05, 0.1) is 11.0 Å². The van der Waals surface area contributed by atoms with Gasteiger partial charge in [0.1, 0.15) is 0 Å². The molecule has 2 aromatic rings. The van der Waals surface area contributed by atoms with Crippen LogP contribution in [0.1, 0.15) is 39.6 Å². The third kappa shape index (κ3) is 6.38. The van der Waals surface area contributed by atoms with Crippen molar-refractivity contribution in [3.05, 3.63) is 65.2 Å². The molecule has 164 valence electrons.